The normalized spacial score (nSPS) is 15.8. The van der Waals surface area contributed by atoms with Gasteiger partial charge in [-0.2, -0.15) is 0 Å². The summed E-state index contributed by atoms with van der Waals surface area (Å²) in [5.74, 6) is 0. The molecule has 0 aromatic carbocycles. The van der Waals surface area contributed by atoms with E-state index in [4.69, 9.17) is 0 Å². The zero-order valence-corrected chi connectivity index (χ0v) is 12.3. The molecule has 0 aliphatic carbocycles. The molecule has 2 aromatic heterocycles. The molecule has 0 amide bonds. The minimum absolute atomic E-state index is 0.0190. The molecule has 0 atom stereocenters. The number of nitrogens with zero attached hydrogens (tertiary/aromatic N) is 3. The minimum Gasteiger partial charge on any atom is -0.311 e. The summed E-state index contributed by atoms with van der Waals surface area (Å²) in [7, 11) is 0. The lowest BCUT2D eigenvalue weighted by Gasteiger charge is -2.14. The second-order valence-corrected chi connectivity index (χ2v) is 5.59. The van der Waals surface area contributed by atoms with Gasteiger partial charge < -0.3 is 10.2 Å². The molecule has 0 saturated carbocycles. The summed E-state index contributed by atoms with van der Waals surface area (Å²) in [5.41, 5.74) is 1.50. The molecule has 2 aromatic rings. The molecule has 1 aliphatic rings. The van der Waals surface area contributed by atoms with Crippen molar-refractivity contribution in [2.75, 3.05) is 26.2 Å². The quantitative estimate of drug-likeness (QED) is 0.813. The van der Waals surface area contributed by atoms with E-state index < -0.39 is 0 Å². The first-order valence-electron chi connectivity index (χ1n) is 7.73. The van der Waals surface area contributed by atoms with Crippen molar-refractivity contribution < 1.29 is 0 Å². The predicted octanol–water partition coefficient (Wildman–Crippen LogP) is 1.27. The molecule has 0 radical (unpaired) electrons. The van der Waals surface area contributed by atoms with Crippen LogP contribution in [0.15, 0.2) is 35.3 Å². The Balaban J connectivity index is 1.50. The maximum Gasteiger partial charge on any atom is 0.258 e. The second kappa shape index (κ2) is 6.83. The van der Waals surface area contributed by atoms with Crippen LogP contribution in [-0.2, 0) is 6.54 Å². The first-order chi connectivity index (χ1) is 10.3. The molecule has 21 heavy (non-hydrogen) atoms. The lowest BCUT2D eigenvalue weighted by molar-refractivity contribution is 0.331. The standard InChI is InChI=1S/C16H22N4O/c21-16-12-14(18-15-6-1-2-11-20(15)16)13-17-7-5-10-19-8-3-4-9-19/h1-2,6,11-12,17H,3-5,7-10,13H2. The molecule has 0 unspecified atom stereocenters. The molecular formula is C16H22N4O. The SMILES string of the molecule is O=c1cc(CNCCCN2CCCC2)nc2ccccn12. The van der Waals surface area contributed by atoms with E-state index in [-0.39, 0.29) is 5.56 Å². The van der Waals surface area contributed by atoms with Crippen LogP contribution in [0, 0.1) is 0 Å². The highest BCUT2D eigenvalue weighted by Gasteiger charge is 2.10. The average Bonchev–Trinajstić information content (AvgIpc) is 3.00. The Morgan fingerprint density at radius 3 is 2.95 bits per heavy atom. The number of fused-ring (bicyclic) bond motifs is 1. The third-order valence-corrected chi connectivity index (χ3v) is 3.96. The van der Waals surface area contributed by atoms with Crippen LogP contribution in [0.1, 0.15) is 25.0 Å². The predicted molar refractivity (Wildman–Crippen MR) is 83.5 cm³/mol. The Kier molecular flexibility index (Phi) is 4.62. The maximum atomic E-state index is 12.0. The Morgan fingerprint density at radius 2 is 2.10 bits per heavy atom. The molecule has 1 N–H and O–H groups in total. The van der Waals surface area contributed by atoms with Crippen molar-refractivity contribution in [1.29, 1.82) is 0 Å². The number of hydrogen-bond acceptors (Lipinski definition) is 4. The third-order valence-electron chi connectivity index (χ3n) is 3.96. The van der Waals surface area contributed by atoms with Gasteiger partial charge in [0.1, 0.15) is 5.65 Å². The number of nitrogens with one attached hydrogen (secondary N) is 1. The fraction of sp³-hybridized carbons (Fsp3) is 0.500. The largest absolute Gasteiger partial charge is 0.311 e. The number of aromatic nitrogens is 2. The van der Waals surface area contributed by atoms with Gasteiger partial charge in [0.25, 0.3) is 5.56 Å². The van der Waals surface area contributed by atoms with Gasteiger partial charge in [0.05, 0.1) is 5.69 Å². The minimum atomic E-state index is -0.0190. The van der Waals surface area contributed by atoms with E-state index in [2.05, 4.69) is 15.2 Å². The number of rotatable bonds is 6. The Labute approximate surface area is 124 Å². The van der Waals surface area contributed by atoms with E-state index in [0.29, 0.717) is 12.2 Å². The van der Waals surface area contributed by atoms with Gasteiger partial charge >= 0.3 is 0 Å². The summed E-state index contributed by atoms with van der Waals surface area (Å²) in [4.78, 5) is 19.0. The lowest BCUT2D eigenvalue weighted by atomic mass is 10.3. The van der Waals surface area contributed by atoms with Crippen molar-refractivity contribution in [1.82, 2.24) is 19.6 Å². The van der Waals surface area contributed by atoms with E-state index in [0.717, 1.165) is 18.7 Å². The summed E-state index contributed by atoms with van der Waals surface area (Å²) < 4.78 is 1.57. The monoisotopic (exact) mass is 286 g/mol. The lowest BCUT2D eigenvalue weighted by Crippen LogP contribution is -2.25. The summed E-state index contributed by atoms with van der Waals surface area (Å²) in [6.45, 7) is 5.29. The van der Waals surface area contributed by atoms with Crippen LogP contribution in [0.5, 0.6) is 0 Å². The van der Waals surface area contributed by atoms with Crippen LogP contribution in [0.25, 0.3) is 5.65 Å². The number of pyridine rings is 1. The van der Waals surface area contributed by atoms with Gasteiger partial charge in [-0.15, -0.1) is 0 Å². The van der Waals surface area contributed by atoms with Crippen molar-refractivity contribution in [2.24, 2.45) is 0 Å². The molecule has 3 rings (SSSR count). The van der Waals surface area contributed by atoms with Gasteiger partial charge in [0, 0.05) is 18.8 Å². The van der Waals surface area contributed by atoms with Gasteiger partial charge in [0.2, 0.25) is 0 Å². The number of likely N-dealkylation sites (tertiary alicyclic amines) is 1. The van der Waals surface area contributed by atoms with Crippen molar-refractivity contribution in [2.45, 2.75) is 25.8 Å². The third kappa shape index (κ3) is 3.68. The first kappa shape index (κ1) is 14.2. The molecular weight excluding hydrogens is 264 g/mol. The number of hydrogen-bond donors (Lipinski definition) is 1. The van der Waals surface area contributed by atoms with Crippen LogP contribution < -0.4 is 10.9 Å². The van der Waals surface area contributed by atoms with Crippen LogP contribution in [-0.4, -0.2) is 40.5 Å². The van der Waals surface area contributed by atoms with Gasteiger partial charge in [-0.25, -0.2) is 4.98 Å². The molecule has 3 heterocycles. The Morgan fingerprint density at radius 1 is 1.24 bits per heavy atom. The molecule has 0 bridgehead atoms. The summed E-state index contributed by atoms with van der Waals surface area (Å²) in [5, 5.41) is 3.38. The van der Waals surface area contributed by atoms with Crippen molar-refractivity contribution in [3.05, 3.63) is 46.5 Å². The van der Waals surface area contributed by atoms with E-state index >= 15 is 0 Å². The van der Waals surface area contributed by atoms with Crippen LogP contribution in [0.4, 0.5) is 0 Å². The molecule has 5 nitrogen and oxygen atoms in total. The Hall–Kier alpha value is -1.72. The summed E-state index contributed by atoms with van der Waals surface area (Å²) in [6.07, 6.45) is 5.58. The molecule has 1 fully saturated rings. The van der Waals surface area contributed by atoms with Crippen molar-refractivity contribution in [3.8, 4) is 0 Å². The van der Waals surface area contributed by atoms with Crippen molar-refractivity contribution in [3.63, 3.8) is 0 Å². The molecule has 0 spiro atoms. The zero-order valence-electron chi connectivity index (χ0n) is 12.3. The van der Waals surface area contributed by atoms with Gasteiger partial charge in [-0.05, 0) is 57.6 Å². The Bertz CT molecular complexity index is 646. The van der Waals surface area contributed by atoms with E-state index in [1.807, 2.05) is 18.2 Å². The first-order valence-corrected chi connectivity index (χ1v) is 7.73. The van der Waals surface area contributed by atoms with Gasteiger partial charge in [-0.3, -0.25) is 9.20 Å². The smallest absolute Gasteiger partial charge is 0.258 e. The molecule has 1 aliphatic heterocycles. The molecule has 112 valence electrons. The van der Waals surface area contributed by atoms with E-state index in [1.165, 1.54) is 32.5 Å². The molecule has 5 heteroatoms. The highest BCUT2D eigenvalue weighted by atomic mass is 16.1. The van der Waals surface area contributed by atoms with E-state index in [1.54, 1.807) is 16.7 Å². The fourth-order valence-electron chi connectivity index (χ4n) is 2.84. The molecule has 1 saturated heterocycles. The summed E-state index contributed by atoms with van der Waals surface area (Å²) in [6, 6.07) is 7.21. The topological polar surface area (TPSA) is 49.6 Å². The van der Waals surface area contributed by atoms with Crippen LogP contribution >= 0.6 is 0 Å². The zero-order chi connectivity index (χ0) is 14.5. The second-order valence-electron chi connectivity index (χ2n) is 5.59. The van der Waals surface area contributed by atoms with Crippen LogP contribution in [0.2, 0.25) is 0 Å². The van der Waals surface area contributed by atoms with Crippen molar-refractivity contribution >= 4 is 5.65 Å². The van der Waals surface area contributed by atoms with Gasteiger partial charge in [-0.1, -0.05) is 6.07 Å². The van der Waals surface area contributed by atoms with Gasteiger partial charge in [0.15, 0.2) is 0 Å². The average molecular weight is 286 g/mol. The highest BCUT2D eigenvalue weighted by molar-refractivity contribution is 5.37. The maximum absolute atomic E-state index is 12.0. The fourth-order valence-corrected chi connectivity index (χ4v) is 2.84. The van der Waals surface area contributed by atoms with E-state index in [9.17, 15) is 4.79 Å². The van der Waals surface area contributed by atoms with Crippen LogP contribution in [0.3, 0.4) is 0 Å². The highest BCUT2D eigenvalue weighted by Crippen LogP contribution is 2.07. The summed E-state index contributed by atoms with van der Waals surface area (Å²) >= 11 is 0.